The fraction of sp³-hybridized carbons (Fsp3) is 0. The molecule has 1 N–H and O–H groups in total. The average Bonchev–Trinajstić information content (AvgIpc) is 2.82. The summed E-state index contributed by atoms with van der Waals surface area (Å²) >= 11 is 0. The summed E-state index contributed by atoms with van der Waals surface area (Å²) < 4.78 is 13.8. The van der Waals surface area contributed by atoms with Gasteiger partial charge in [0.25, 0.3) is 0 Å². The monoisotopic (exact) mass is 256 g/mol. The molecule has 0 atom stereocenters. The molecule has 0 aliphatic carbocycles. The van der Waals surface area contributed by atoms with Crippen LogP contribution in [-0.4, -0.2) is 24.9 Å². The highest BCUT2D eigenvalue weighted by Gasteiger charge is 2.15. The van der Waals surface area contributed by atoms with Crippen LogP contribution in [0.15, 0.2) is 49.2 Å². The van der Waals surface area contributed by atoms with Gasteiger partial charge in [0, 0.05) is 11.8 Å². The van der Waals surface area contributed by atoms with E-state index in [0.29, 0.717) is 22.6 Å². The summed E-state index contributed by atoms with van der Waals surface area (Å²) in [7, 11) is 0. The first kappa shape index (κ1) is 11.3. The lowest BCUT2D eigenvalue weighted by atomic mass is 10.1. The van der Waals surface area contributed by atoms with Crippen LogP contribution in [0.5, 0.6) is 0 Å². The Balaban J connectivity index is 2.16. The van der Waals surface area contributed by atoms with E-state index < -0.39 is 0 Å². The third kappa shape index (κ3) is 2.03. The van der Waals surface area contributed by atoms with Crippen LogP contribution < -0.4 is 0 Å². The number of aromatic nitrogens is 4. The van der Waals surface area contributed by atoms with E-state index in [0.717, 1.165) is 4.73 Å². The lowest BCUT2D eigenvalue weighted by Gasteiger charge is -2.04. The summed E-state index contributed by atoms with van der Waals surface area (Å²) in [6.07, 6.45) is 4.23. The fourth-order valence-corrected chi connectivity index (χ4v) is 1.83. The van der Waals surface area contributed by atoms with Crippen molar-refractivity contribution in [2.45, 2.75) is 0 Å². The minimum Gasteiger partial charge on any atom is -0.427 e. The lowest BCUT2D eigenvalue weighted by molar-refractivity contribution is 0.190. The molecule has 0 saturated carbocycles. The summed E-state index contributed by atoms with van der Waals surface area (Å²) in [5.74, 6) is -0.323. The van der Waals surface area contributed by atoms with Crippen molar-refractivity contribution in [1.29, 1.82) is 0 Å². The second kappa shape index (κ2) is 4.49. The van der Waals surface area contributed by atoms with Crippen LogP contribution in [0.25, 0.3) is 22.6 Å². The van der Waals surface area contributed by atoms with E-state index in [9.17, 15) is 9.60 Å². The molecule has 0 spiro atoms. The van der Waals surface area contributed by atoms with Gasteiger partial charge in [0.1, 0.15) is 29.9 Å². The van der Waals surface area contributed by atoms with Gasteiger partial charge in [-0.25, -0.2) is 19.3 Å². The van der Waals surface area contributed by atoms with Crippen LogP contribution in [0, 0.1) is 5.82 Å². The molecule has 3 aromatic rings. The molecule has 0 fully saturated rings. The topological polar surface area (TPSA) is 63.8 Å². The number of halogens is 1. The van der Waals surface area contributed by atoms with E-state index in [1.807, 2.05) is 0 Å². The normalized spacial score (nSPS) is 10.6. The maximum absolute atomic E-state index is 12.9. The first-order valence-corrected chi connectivity index (χ1v) is 5.54. The van der Waals surface area contributed by atoms with Gasteiger partial charge < -0.3 is 5.21 Å². The summed E-state index contributed by atoms with van der Waals surface area (Å²) in [5.41, 5.74) is 2.20. The summed E-state index contributed by atoms with van der Waals surface area (Å²) in [6.45, 7) is 0. The van der Waals surface area contributed by atoms with Gasteiger partial charge in [-0.15, -0.1) is 0 Å². The van der Waals surface area contributed by atoms with E-state index in [2.05, 4.69) is 15.0 Å². The molecule has 0 bridgehead atoms. The van der Waals surface area contributed by atoms with Crippen LogP contribution in [0.4, 0.5) is 4.39 Å². The van der Waals surface area contributed by atoms with Crippen molar-refractivity contribution in [3.8, 4) is 22.6 Å². The molecule has 0 aliphatic heterocycles. The van der Waals surface area contributed by atoms with Crippen molar-refractivity contribution in [1.82, 2.24) is 19.7 Å². The number of benzene rings is 1. The van der Waals surface area contributed by atoms with Crippen LogP contribution in [-0.2, 0) is 0 Å². The predicted molar refractivity (Wildman–Crippen MR) is 65.8 cm³/mol. The maximum Gasteiger partial charge on any atom is 0.133 e. The molecular weight excluding hydrogens is 247 g/mol. The lowest BCUT2D eigenvalue weighted by Crippen LogP contribution is -1.95. The van der Waals surface area contributed by atoms with E-state index >= 15 is 0 Å². The molecule has 0 aliphatic rings. The number of hydrogen-bond acceptors (Lipinski definition) is 4. The molecule has 0 amide bonds. The molecule has 6 heteroatoms. The van der Waals surface area contributed by atoms with Crippen molar-refractivity contribution >= 4 is 0 Å². The molecule has 94 valence electrons. The highest BCUT2D eigenvalue weighted by atomic mass is 19.1. The van der Waals surface area contributed by atoms with E-state index in [-0.39, 0.29) is 5.82 Å². The Morgan fingerprint density at radius 2 is 1.84 bits per heavy atom. The largest absolute Gasteiger partial charge is 0.427 e. The maximum atomic E-state index is 12.9. The Morgan fingerprint density at radius 3 is 2.53 bits per heavy atom. The molecule has 0 saturated heterocycles. The molecular formula is C13H9FN4O. The third-order valence-electron chi connectivity index (χ3n) is 2.69. The average molecular weight is 256 g/mol. The zero-order chi connectivity index (χ0) is 13.2. The smallest absolute Gasteiger partial charge is 0.133 e. The molecule has 19 heavy (non-hydrogen) atoms. The van der Waals surface area contributed by atoms with E-state index in [1.54, 1.807) is 24.4 Å². The van der Waals surface area contributed by atoms with Crippen molar-refractivity contribution in [3.05, 3.63) is 55.0 Å². The van der Waals surface area contributed by atoms with Crippen LogP contribution in [0.3, 0.4) is 0 Å². The number of nitrogens with zero attached hydrogens (tertiary/aromatic N) is 4. The number of hydrogen-bond donors (Lipinski definition) is 1. The van der Waals surface area contributed by atoms with Gasteiger partial charge in [-0.1, -0.05) is 0 Å². The highest BCUT2D eigenvalue weighted by molar-refractivity contribution is 5.76. The van der Waals surface area contributed by atoms with E-state index in [4.69, 9.17) is 0 Å². The summed E-state index contributed by atoms with van der Waals surface area (Å²) in [4.78, 5) is 12.0. The van der Waals surface area contributed by atoms with Crippen LogP contribution >= 0.6 is 0 Å². The Morgan fingerprint density at radius 1 is 1.05 bits per heavy atom. The van der Waals surface area contributed by atoms with Crippen molar-refractivity contribution in [3.63, 3.8) is 0 Å². The second-order valence-electron chi connectivity index (χ2n) is 3.89. The first-order chi connectivity index (χ1) is 9.25. The van der Waals surface area contributed by atoms with Gasteiger partial charge in [-0.05, 0) is 30.3 Å². The van der Waals surface area contributed by atoms with Gasteiger partial charge in [0.15, 0.2) is 0 Å². The van der Waals surface area contributed by atoms with Crippen molar-refractivity contribution < 1.29 is 9.60 Å². The first-order valence-electron chi connectivity index (χ1n) is 5.54. The predicted octanol–water partition coefficient (Wildman–Crippen LogP) is 2.38. The van der Waals surface area contributed by atoms with Gasteiger partial charge in [-0.2, -0.15) is 4.73 Å². The zero-order valence-electron chi connectivity index (χ0n) is 9.73. The molecule has 0 unspecified atom stereocenters. The molecule has 1 aromatic carbocycles. The number of imidazole rings is 1. The molecule has 2 aromatic heterocycles. The van der Waals surface area contributed by atoms with Crippen molar-refractivity contribution in [2.75, 3.05) is 0 Å². The van der Waals surface area contributed by atoms with Gasteiger partial charge in [0.2, 0.25) is 0 Å². The SMILES string of the molecule is On1cnc(-c2ccc(F)cc2)c1-c1ccncn1. The Kier molecular flexibility index (Phi) is 2.68. The van der Waals surface area contributed by atoms with Gasteiger partial charge in [-0.3, -0.25) is 0 Å². The number of rotatable bonds is 2. The van der Waals surface area contributed by atoms with Gasteiger partial charge >= 0.3 is 0 Å². The summed E-state index contributed by atoms with van der Waals surface area (Å²) in [6, 6.07) is 7.55. The Bertz CT molecular complexity index is 694. The van der Waals surface area contributed by atoms with Crippen LogP contribution in [0.2, 0.25) is 0 Å². The summed E-state index contributed by atoms with van der Waals surface area (Å²) in [5, 5.41) is 9.82. The Hall–Kier alpha value is -2.76. The molecule has 5 nitrogen and oxygen atoms in total. The van der Waals surface area contributed by atoms with Crippen molar-refractivity contribution in [2.24, 2.45) is 0 Å². The third-order valence-corrected chi connectivity index (χ3v) is 2.69. The minimum atomic E-state index is -0.323. The van der Waals surface area contributed by atoms with Crippen LogP contribution in [0.1, 0.15) is 0 Å². The Labute approximate surface area is 108 Å². The minimum absolute atomic E-state index is 0.323. The molecule has 3 rings (SSSR count). The molecule has 0 radical (unpaired) electrons. The second-order valence-corrected chi connectivity index (χ2v) is 3.89. The molecule has 2 heterocycles. The van der Waals surface area contributed by atoms with E-state index in [1.165, 1.54) is 24.8 Å². The quantitative estimate of drug-likeness (QED) is 0.715. The fourth-order valence-electron chi connectivity index (χ4n) is 1.83. The standard InChI is InChI=1S/C13H9FN4O/c14-10-3-1-9(2-4-10)12-13(18(19)8-17-12)11-5-6-15-7-16-11/h1-8,19H. The van der Waals surface area contributed by atoms with Gasteiger partial charge in [0.05, 0.1) is 5.69 Å². The highest BCUT2D eigenvalue weighted by Crippen LogP contribution is 2.28. The zero-order valence-corrected chi connectivity index (χ0v) is 9.73.